The summed E-state index contributed by atoms with van der Waals surface area (Å²) in [6.45, 7) is 8.25. The van der Waals surface area contributed by atoms with Crippen LogP contribution in [0.3, 0.4) is 0 Å². The van der Waals surface area contributed by atoms with Gasteiger partial charge in [-0.05, 0) is 80.4 Å². The van der Waals surface area contributed by atoms with Gasteiger partial charge in [0.1, 0.15) is 0 Å². The van der Waals surface area contributed by atoms with Crippen LogP contribution < -0.4 is 5.56 Å². The minimum atomic E-state index is -2.84. The van der Waals surface area contributed by atoms with Crippen LogP contribution in [0.15, 0.2) is 35.3 Å². The number of nitrogens with zero attached hydrogens (tertiary/aromatic N) is 2. The number of nitrogens with one attached hydrogen (secondary N) is 1. The second-order valence-electron chi connectivity index (χ2n) is 10.6. The maximum atomic E-state index is 12.2. The Morgan fingerprint density at radius 1 is 1.09 bits per heavy atom. The molecule has 6 nitrogen and oxygen atoms in total. The Balaban J connectivity index is 1.44. The summed E-state index contributed by atoms with van der Waals surface area (Å²) in [5.41, 5.74) is 6.71. The maximum absolute atomic E-state index is 12.2. The standard InChI is InChI=1S/C27H35N3O3S/c1-17(2)25-23-14-20(19-7-10-30(11-8-19)22-9-12-34(32,33)16-22)5-6-24(23)28-26(25)21-13-18(3)27(31)29(4)15-21/h5-6,13-15,17,19,22,28H,7-12,16H2,1-4H3. The number of likely N-dealkylation sites (tertiary alicyclic amines) is 1. The van der Waals surface area contributed by atoms with E-state index in [1.54, 1.807) is 4.57 Å². The van der Waals surface area contributed by atoms with Crippen molar-refractivity contribution >= 4 is 20.7 Å². The van der Waals surface area contributed by atoms with Crippen LogP contribution in [0.2, 0.25) is 0 Å². The Kier molecular flexibility index (Phi) is 5.97. The lowest BCUT2D eigenvalue weighted by Crippen LogP contribution is -2.41. The van der Waals surface area contributed by atoms with Crippen LogP contribution in [-0.2, 0) is 16.9 Å². The lowest BCUT2D eigenvalue weighted by molar-refractivity contribution is 0.165. The van der Waals surface area contributed by atoms with Crippen molar-refractivity contribution in [3.63, 3.8) is 0 Å². The topological polar surface area (TPSA) is 75.2 Å². The molecular weight excluding hydrogens is 446 g/mol. The lowest BCUT2D eigenvalue weighted by atomic mass is 9.87. The Morgan fingerprint density at radius 2 is 1.82 bits per heavy atom. The fourth-order valence-corrected chi connectivity index (χ4v) is 7.75. The molecule has 7 heteroatoms. The highest BCUT2D eigenvalue weighted by atomic mass is 32.2. The molecule has 1 unspecified atom stereocenters. The number of pyridine rings is 1. The summed E-state index contributed by atoms with van der Waals surface area (Å²) in [7, 11) is -1.03. The molecule has 0 aliphatic carbocycles. The minimum absolute atomic E-state index is 0.0368. The van der Waals surface area contributed by atoms with E-state index in [9.17, 15) is 13.2 Å². The van der Waals surface area contributed by atoms with Gasteiger partial charge in [-0.15, -0.1) is 0 Å². The molecule has 0 saturated carbocycles. The van der Waals surface area contributed by atoms with Crippen molar-refractivity contribution < 1.29 is 8.42 Å². The van der Waals surface area contributed by atoms with Crippen molar-refractivity contribution in [1.29, 1.82) is 0 Å². The molecule has 182 valence electrons. The van der Waals surface area contributed by atoms with E-state index in [0.717, 1.165) is 54.7 Å². The molecule has 2 fully saturated rings. The Morgan fingerprint density at radius 3 is 2.44 bits per heavy atom. The minimum Gasteiger partial charge on any atom is -0.354 e. The number of benzene rings is 1. The molecule has 1 atom stereocenters. The molecule has 3 aromatic rings. The third kappa shape index (κ3) is 4.24. The van der Waals surface area contributed by atoms with Crippen molar-refractivity contribution in [2.75, 3.05) is 24.6 Å². The van der Waals surface area contributed by atoms with Gasteiger partial charge in [-0.1, -0.05) is 19.9 Å². The average Bonchev–Trinajstić information content (AvgIpc) is 3.36. The number of piperidine rings is 1. The number of H-pyrrole nitrogens is 1. The van der Waals surface area contributed by atoms with Crippen molar-refractivity contribution in [2.24, 2.45) is 7.05 Å². The third-order valence-electron chi connectivity index (χ3n) is 7.82. The lowest BCUT2D eigenvalue weighted by Gasteiger charge is -2.35. The van der Waals surface area contributed by atoms with E-state index in [4.69, 9.17) is 0 Å². The van der Waals surface area contributed by atoms with E-state index >= 15 is 0 Å². The number of hydrogen-bond donors (Lipinski definition) is 1. The van der Waals surface area contributed by atoms with Crippen LogP contribution in [0, 0.1) is 6.92 Å². The summed E-state index contributed by atoms with van der Waals surface area (Å²) in [5.74, 6) is 1.51. The summed E-state index contributed by atoms with van der Waals surface area (Å²) in [5, 5.41) is 1.26. The molecule has 34 heavy (non-hydrogen) atoms. The molecule has 0 amide bonds. The fourth-order valence-electron chi connectivity index (χ4n) is 5.99. The fraction of sp³-hybridized carbons (Fsp3) is 0.519. The van der Waals surface area contributed by atoms with Crippen molar-refractivity contribution in [3.8, 4) is 11.3 Å². The molecule has 1 N–H and O–H groups in total. The van der Waals surface area contributed by atoms with Crippen LogP contribution in [-0.4, -0.2) is 53.5 Å². The summed E-state index contributed by atoms with van der Waals surface area (Å²) >= 11 is 0. The normalized spacial score (nSPS) is 21.6. The summed E-state index contributed by atoms with van der Waals surface area (Å²) in [4.78, 5) is 18.3. The highest BCUT2D eigenvalue weighted by molar-refractivity contribution is 7.91. The van der Waals surface area contributed by atoms with Gasteiger partial charge < -0.3 is 9.55 Å². The second kappa shape index (κ2) is 8.68. The number of sulfone groups is 1. The summed E-state index contributed by atoms with van der Waals surface area (Å²) in [6.07, 6.45) is 4.84. The Hall–Kier alpha value is -2.38. The van der Waals surface area contributed by atoms with E-state index in [0.29, 0.717) is 23.3 Å². The zero-order valence-electron chi connectivity index (χ0n) is 20.6. The molecular formula is C27H35N3O3S. The quantitative estimate of drug-likeness (QED) is 0.602. The van der Waals surface area contributed by atoms with Gasteiger partial charge in [0.15, 0.2) is 9.84 Å². The largest absolute Gasteiger partial charge is 0.354 e. The van der Waals surface area contributed by atoms with E-state index in [1.807, 2.05) is 26.2 Å². The van der Waals surface area contributed by atoms with E-state index < -0.39 is 9.84 Å². The molecule has 4 heterocycles. The molecule has 2 aliphatic heterocycles. The highest BCUT2D eigenvalue weighted by Gasteiger charge is 2.34. The second-order valence-corrected chi connectivity index (χ2v) is 12.8. The molecule has 1 aromatic carbocycles. The van der Waals surface area contributed by atoms with E-state index in [-0.39, 0.29) is 11.6 Å². The molecule has 0 bridgehead atoms. The smallest absolute Gasteiger partial charge is 0.253 e. The first kappa shape index (κ1) is 23.4. The van der Waals surface area contributed by atoms with Crippen molar-refractivity contribution in [1.82, 2.24) is 14.5 Å². The number of fused-ring (bicyclic) bond motifs is 1. The van der Waals surface area contributed by atoms with Gasteiger partial charge in [0, 0.05) is 41.3 Å². The average molecular weight is 482 g/mol. The monoisotopic (exact) mass is 481 g/mol. The van der Waals surface area contributed by atoms with Gasteiger partial charge in [-0.2, -0.15) is 0 Å². The highest BCUT2D eigenvalue weighted by Crippen LogP contribution is 2.38. The first-order valence-electron chi connectivity index (χ1n) is 12.4. The number of aromatic amines is 1. The van der Waals surface area contributed by atoms with Gasteiger partial charge in [0.05, 0.1) is 17.2 Å². The molecule has 5 rings (SSSR count). The molecule has 0 radical (unpaired) electrons. The first-order valence-corrected chi connectivity index (χ1v) is 14.2. The third-order valence-corrected chi connectivity index (χ3v) is 9.57. The van der Waals surface area contributed by atoms with Crippen LogP contribution >= 0.6 is 0 Å². The maximum Gasteiger partial charge on any atom is 0.253 e. The molecule has 0 spiro atoms. The predicted molar refractivity (Wildman–Crippen MR) is 138 cm³/mol. The van der Waals surface area contributed by atoms with Crippen molar-refractivity contribution in [2.45, 2.75) is 57.9 Å². The Bertz CT molecular complexity index is 1370. The van der Waals surface area contributed by atoms with Crippen LogP contribution in [0.1, 0.15) is 61.6 Å². The van der Waals surface area contributed by atoms with Gasteiger partial charge in [0.25, 0.3) is 5.56 Å². The number of aryl methyl sites for hydroxylation is 2. The van der Waals surface area contributed by atoms with E-state index in [1.165, 1.54) is 16.5 Å². The van der Waals surface area contributed by atoms with Gasteiger partial charge in [-0.25, -0.2) is 8.42 Å². The summed E-state index contributed by atoms with van der Waals surface area (Å²) < 4.78 is 25.4. The number of rotatable bonds is 4. The molecule has 2 aliphatic rings. The van der Waals surface area contributed by atoms with Gasteiger partial charge >= 0.3 is 0 Å². The number of hydrogen-bond acceptors (Lipinski definition) is 4. The molecule has 2 saturated heterocycles. The number of aromatic nitrogens is 2. The SMILES string of the molecule is Cc1cc(-c2[nH]c3ccc(C4CCN(C5CCS(=O)(=O)C5)CC4)cc3c2C(C)C)cn(C)c1=O. The van der Waals surface area contributed by atoms with Crippen molar-refractivity contribution in [3.05, 3.63) is 57.5 Å². The van der Waals surface area contributed by atoms with Gasteiger partial charge in [-0.3, -0.25) is 9.69 Å². The zero-order valence-corrected chi connectivity index (χ0v) is 21.4. The van der Waals surface area contributed by atoms with Crippen LogP contribution in [0.5, 0.6) is 0 Å². The van der Waals surface area contributed by atoms with E-state index in [2.05, 4.69) is 41.9 Å². The van der Waals surface area contributed by atoms with Crippen LogP contribution in [0.4, 0.5) is 0 Å². The van der Waals surface area contributed by atoms with Crippen LogP contribution in [0.25, 0.3) is 22.2 Å². The van der Waals surface area contributed by atoms with Gasteiger partial charge in [0.2, 0.25) is 0 Å². The summed E-state index contributed by atoms with van der Waals surface area (Å²) in [6, 6.07) is 9.00. The predicted octanol–water partition coefficient (Wildman–Crippen LogP) is 4.33. The zero-order chi connectivity index (χ0) is 24.2. The first-order chi connectivity index (χ1) is 16.1. The molecule has 2 aromatic heterocycles. The Labute approximate surface area is 201 Å².